The molecule has 4 aromatic rings. The first-order valence-corrected chi connectivity index (χ1v) is 10.3. The molecule has 1 aliphatic rings. The van der Waals surface area contributed by atoms with Gasteiger partial charge in [-0.15, -0.1) is 0 Å². The normalized spacial score (nSPS) is 14.3. The van der Waals surface area contributed by atoms with E-state index in [0.29, 0.717) is 40.1 Å². The van der Waals surface area contributed by atoms with Gasteiger partial charge in [0.1, 0.15) is 29.3 Å². The van der Waals surface area contributed by atoms with Crippen molar-refractivity contribution in [2.75, 3.05) is 5.73 Å². The first-order valence-electron chi connectivity index (χ1n) is 10.3. The lowest BCUT2D eigenvalue weighted by molar-refractivity contribution is 0.386. The number of hydrogen-bond acceptors (Lipinski definition) is 8. The minimum atomic E-state index is 0.0962. The van der Waals surface area contributed by atoms with Crippen LogP contribution in [-0.2, 0) is 0 Å². The van der Waals surface area contributed by atoms with Crippen molar-refractivity contribution in [3.8, 4) is 22.6 Å². The summed E-state index contributed by atoms with van der Waals surface area (Å²) in [5.41, 5.74) is 10.6. The molecule has 5 rings (SSSR count). The van der Waals surface area contributed by atoms with Crippen LogP contribution in [0, 0.1) is 0 Å². The topological polar surface area (TPSA) is 121 Å². The predicted molar refractivity (Wildman–Crippen MR) is 113 cm³/mol. The van der Waals surface area contributed by atoms with Crippen molar-refractivity contribution in [3.63, 3.8) is 0 Å². The van der Waals surface area contributed by atoms with E-state index in [4.69, 9.17) is 15.4 Å². The second-order valence-corrected chi connectivity index (χ2v) is 8.37. The van der Waals surface area contributed by atoms with Crippen molar-refractivity contribution in [2.24, 2.45) is 0 Å². The molecule has 9 heteroatoms. The molecule has 2 N–H and O–H groups in total. The maximum atomic E-state index is 6.24. The van der Waals surface area contributed by atoms with E-state index < -0.39 is 0 Å². The van der Waals surface area contributed by atoms with Gasteiger partial charge < -0.3 is 10.3 Å². The molecule has 0 atom stereocenters. The Morgan fingerprint density at radius 1 is 1.03 bits per heavy atom. The molecule has 30 heavy (non-hydrogen) atoms. The lowest BCUT2D eigenvalue weighted by Gasteiger charge is -2.06. The number of hydrogen-bond donors (Lipinski definition) is 1. The fourth-order valence-corrected chi connectivity index (χ4v) is 3.62. The summed E-state index contributed by atoms with van der Waals surface area (Å²) in [6.07, 6.45) is 7.21. The smallest absolute Gasteiger partial charge is 0.164 e. The zero-order chi connectivity index (χ0) is 21.0. The van der Waals surface area contributed by atoms with Gasteiger partial charge in [-0.2, -0.15) is 5.10 Å². The van der Waals surface area contributed by atoms with Crippen molar-refractivity contribution >= 4 is 16.9 Å². The highest BCUT2D eigenvalue weighted by atomic mass is 16.5. The third kappa shape index (κ3) is 2.92. The molecular formula is C21H24N8O. The van der Waals surface area contributed by atoms with Gasteiger partial charge in [-0.05, 0) is 32.6 Å². The van der Waals surface area contributed by atoms with E-state index >= 15 is 0 Å². The Kier molecular flexibility index (Phi) is 4.27. The van der Waals surface area contributed by atoms with Crippen LogP contribution in [0.1, 0.15) is 69.9 Å². The minimum Gasteiger partial charge on any atom is -0.383 e. The Labute approximate surface area is 173 Å². The zero-order valence-corrected chi connectivity index (χ0v) is 17.5. The summed E-state index contributed by atoms with van der Waals surface area (Å²) >= 11 is 0. The fourth-order valence-electron chi connectivity index (χ4n) is 3.62. The number of rotatable bonds is 5. The van der Waals surface area contributed by atoms with Crippen LogP contribution < -0.4 is 5.73 Å². The Bertz CT molecular complexity index is 1220. The SMILES string of the molecule is CC(C)c1cnc(-c2c(-c3nn(C(C)C)c4ncnc(N)c34)noc2C2CC2)cn1. The monoisotopic (exact) mass is 404 g/mol. The lowest BCUT2D eigenvalue weighted by Crippen LogP contribution is -2.04. The van der Waals surface area contributed by atoms with Crippen LogP contribution in [0.15, 0.2) is 23.2 Å². The van der Waals surface area contributed by atoms with E-state index in [1.807, 2.05) is 24.7 Å². The van der Waals surface area contributed by atoms with Gasteiger partial charge in [0.15, 0.2) is 5.65 Å². The summed E-state index contributed by atoms with van der Waals surface area (Å²) in [6, 6.07) is 0.0962. The van der Waals surface area contributed by atoms with Crippen LogP contribution >= 0.6 is 0 Å². The third-order valence-electron chi connectivity index (χ3n) is 5.42. The minimum absolute atomic E-state index is 0.0962. The zero-order valence-electron chi connectivity index (χ0n) is 17.5. The van der Waals surface area contributed by atoms with E-state index in [9.17, 15) is 0 Å². The van der Waals surface area contributed by atoms with Crippen LogP contribution in [0.2, 0.25) is 0 Å². The summed E-state index contributed by atoms with van der Waals surface area (Å²) in [5.74, 6) is 1.85. The number of nitrogen functional groups attached to an aromatic ring is 1. The van der Waals surface area contributed by atoms with E-state index in [-0.39, 0.29) is 6.04 Å². The molecule has 1 aliphatic carbocycles. The molecular weight excluding hydrogens is 380 g/mol. The van der Waals surface area contributed by atoms with E-state index in [0.717, 1.165) is 35.6 Å². The standard InChI is InChI=1S/C21H24N8O/c1-10(2)13-7-24-14(8-23-13)15-18(28-30-19(15)12-5-6-12)17-16-20(22)25-9-26-21(16)29(27-17)11(3)4/h7-12H,5-6H2,1-4H3,(H2,22,25,26). The Balaban J connectivity index is 1.75. The van der Waals surface area contributed by atoms with Crippen LogP contribution in [-0.4, -0.2) is 34.9 Å². The first kappa shape index (κ1) is 18.7. The third-order valence-corrected chi connectivity index (χ3v) is 5.42. The van der Waals surface area contributed by atoms with Gasteiger partial charge in [0, 0.05) is 18.2 Å². The van der Waals surface area contributed by atoms with Gasteiger partial charge in [-0.3, -0.25) is 9.97 Å². The molecule has 0 aromatic carbocycles. The molecule has 0 radical (unpaired) electrons. The summed E-state index contributed by atoms with van der Waals surface area (Å²) in [7, 11) is 0. The Hall–Kier alpha value is -3.36. The van der Waals surface area contributed by atoms with Crippen LogP contribution in [0.3, 0.4) is 0 Å². The van der Waals surface area contributed by atoms with Gasteiger partial charge >= 0.3 is 0 Å². The molecule has 9 nitrogen and oxygen atoms in total. The van der Waals surface area contributed by atoms with E-state index in [1.54, 1.807) is 6.20 Å². The second-order valence-electron chi connectivity index (χ2n) is 8.37. The summed E-state index contributed by atoms with van der Waals surface area (Å²) in [4.78, 5) is 17.9. The van der Waals surface area contributed by atoms with Crippen molar-refractivity contribution in [2.45, 2.75) is 58.4 Å². The highest BCUT2D eigenvalue weighted by Crippen LogP contribution is 2.48. The number of fused-ring (bicyclic) bond motifs is 1. The molecule has 1 saturated carbocycles. The van der Waals surface area contributed by atoms with E-state index in [2.05, 4.69) is 38.9 Å². The number of aromatic nitrogens is 7. The largest absolute Gasteiger partial charge is 0.383 e. The van der Waals surface area contributed by atoms with Crippen molar-refractivity contribution in [1.82, 2.24) is 34.9 Å². The average Bonchev–Trinajstić information content (AvgIpc) is 3.34. The molecule has 4 heterocycles. The van der Waals surface area contributed by atoms with Crippen molar-refractivity contribution < 1.29 is 4.52 Å². The molecule has 1 fully saturated rings. The van der Waals surface area contributed by atoms with Gasteiger partial charge in [-0.1, -0.05) is 19.0 Å². The number of nitrogens with zero attached hydrogens (tertiary/aromatic N) is 7. The Morgan fingerprint density at radius 3 is 2.47 bits per heavy atom. The van der Waals surface area contributed by atoms with Gasteiger partial charge in [-0.25, -0.2) is 14.6 Å². The number of nitrogens with two attached hydrogens (primary N) is 1. The number of anilines is 1. The van der Waals surface area contributed by atoms with Crippen LogP contribution in [0.5, 0.6) is 0 Å². The van der Waals surface area contributed by atoms with Crippen molar-refractivity contribution in [3.05, 3.63) is 30.2 Å². The molecule has 0 spiro atoms. The summed E-state index contributed by atoms with van der Waals surface area (Å²) in [6.45, 7) is 8.28. The van der Waals surface area contributed by atoms with Gasteiger partial charge in [0.05, 0.1) is 28.5 Å². The lowest BCUT2D eigenvalue weighted by atomic mass is 10.0. The molecule has 0 saturated heterocycles. The summed E-state index contributed by atoms with van der Waals surface area (Å²) in [5, 5.41) is 9.90. The van der Waals surface area contributed by atoms with Crippen molar-refractivity contribution in [1.29, 1.82) is 0 Å². The Morgan fingerprint density at radius 2 is 1.83 bits per heavy atom. The quantitative estimate of drug-likeness (QED) is 0.527. The fraction of sp³-hybridized carbons (Fsp3) is 0.429. The molecule has 0 aliphatic heterocycles. The maximum Gasteiger partial charge on any atom is 0.164 e. The van der Waals surface area contributed by atoms with Gasteiger partial charge in [0.2, 0.25) is 0 Å². The molecule has 154 valence electrons. The summed E-state index contributed by atoms with van der Waals surface area (Å²) < 4.78 is 7.65. The van der Waals surface area contributed by atoms with Crippen LogP contribution in [0.25, 0.3) is 33.7 Å². The second kappa shape index (κ2) is 6.86. The van der Waals surface area contributed by atoms with Gasteiger partial charge in [0.25, 0.3) is 0 Å². The predicted octanol–water partition coefficient (Wildman–Crippen LogP) is 4.10. The van der Waals surface area contributed by atoms with E-state index in [1.165, 1.54) is 6.33 Å². The highest BCUT2D eigenvalue weighted by molar-refractivity contribution is 6.00. The molecule has 4 aromatic heterocycles. The first-order chi connectivity index (χ1) is 14.5. The maximum absolute atomic E-state index is 6.24. The van der Waals surface area contributed by atoms with Crippen LogP contribution in [0.4, 0.5) is 5.82 Å². The molecule has 0 amide bonds. The molecule has 0 bridgehead atoms. The molecule has 0 unspecified atom stereocenters. The average molecular weight is 404 g/mol. The highest BCUT2D eigenvalue weighted by Gasteiger charge is 2.35.